The molecule has 2 aromatic heterocycles. The van der Waals surface area contributed by atoms with Gasteiger partial charge < -0.3 is 4.57 Å². The third-order valence-corrected chi connectivity index (χ3v) is 10.9. The van der Waals surface area contributed by atoms with E-state index in [9.17, 15) is 0 Å². The maximum absolute atomic E-state index is 5.17. The van der Waals surface area contributed by atoms with Crippen LogP contribution in [0, 0.1) is 0 Å². The van der Waals surface area contributed by atoms with Crippen molar-refractivity contribution in [2.75, 3.05) is 0 Å². The Kier molecular flexibility index (Phi) is 6.59. The predicted octanol–water partition coefficient (Wildman–Crippen LogP) is 13.6. The van der Waals surface area contributed by atoms with Crippen molar-refractivity contribution in [1.82, 2.24) is 9.55 Å². The molecule has 2 heteroatoms. The lowest BCUT2D eigenvalue weighted by molar-refractivity contribution is 1.18. The first-order valence-electron chi connectivity index (χ1n) is 18.2. The minimum absolute atomic E-state index is 0.964. The number of aromatic nitrogens is 2. The quantitative estimate of drug-likeness (QED) is 0.178. The van der Waals surface area contributed by atoms with Crippen molar-refractivity contribution < 1.29 is 0 Å². The van der Waals surface area contributed by atoms with Crippen LogP contribution in [-0.2, 0) is 0 Å². The molecule has 0 bridgehead atoms. The van der Waals surface area contributed by atoms with E-state index in [4.69, 9.17) is 4.98 Å². The van der Waals surface area contributed by atoms with Crippen LogP contribution in [0.25, 0.3) is 105 Å². The second-order valence-electron chi connectivity index (χ2n) is 13.9. The van der Waals surface area contributed by atoms with Crippen LogP contribution < -0.4 is 0 Å². The number of rotatable bonds is 5. The molecule has 2 nitrogen and oxygen atoms in total. The molecule has 2 heterocycles. The van der Waals surface area contributed by atoms with Crippen LogP contribution in [0.5, 0.6) is 0 Å². The zero-order valence-corrected chi connectivity index (χ0v) is 28.9. The van der Waals surface area contributed by atoms with Gasteiger partial charge in [-0.15, -0.1) is 0 Å². The summed E-state index contributed by atoms with van der Waals surface area (Å²) >= 11 is 0. The first-order valence-corrected chi connectivity index (χ1v) is 18.2. The Morgan fingerprint density at radius 1 is 0.302 bits per heavy atom. The topological polar surface area (TPSA) is 17.8 Å². The molecule has 0 aliphatic heterocycles. The van der Waals surface area contributed by atoms with Crippen LogP contribution in [0.2, 0.25) is 0 Å². The van der Waals surface area contributed by atoms with Crippen LogP contribution in [0.3, 0.4) is 0 Å². The van der Waals surface area contributed by atoms with Gasteiger partial charge >= 0.3 is 0 Å². The highest BCUT2D eigenvalue weighted by atomic mass is 15.0. The number of hydrogen-bond acceptors (Lipinski definition) is 1. The molecule has 53 heavy (non-hydrogen) atoms. The average molecular weight is 673 g/mol. The van der Waals surface area contributed by atoms with E-state index in [1.54, 1.807) is 0 Å². The molecule has 8 aromatic carbocycles. The second-order valence-corrected chi connectivity index (χ2v) is 13.9. The molecule has 0 unspecified atom stereocenters. The lowest BCUT2D eigenvalue weighted by atomic mass is 9.96. The van der Waals surface area contributed by atoms with Gasteiger partial charge in [0.15, 0.2) is 0 Å². The van der Waals surface area contributed by atoms with Gasteiger partial charge in [0.25, 0.3) is 0 Å². The molecule has 10 aromatic rings. The second kappa shape index (κ2) is 11.8. The Balaban J connectivity index is 1.21. The third-order valence-electron chi connectivity index (χ3n) is 10.9. The first-order chi connectivity index (χ1) is 26.3. The number of hydrogen-bond donors (Lipinski definition) is 0. The Morgan fingerprint density at radius 3 is 1.57 bits per heavy atom. The Bertz CT molecular complexity index is 2970. The van der Waals surface area contributed by atoms with E-state index < -0.39 is 0 Å². The smallest absolute Gasteiger partial charge is 0.0715 e. The first kappa shape index (κ1) is 29.7. The highest BCUT2D eigenvalue weighted by Gasteiger charge is 2.25. The molecule has 11 rings (SSSR count). The summed E-state index contributed by atoms with van der Waals surface area (Å²) < 4.78 is 2.47. The van der Waals surface area contributed by atoms with E-state index >= 15 is 0 Å². The van der Waals surface area contributed by atoms with E-state index in [1.807, 2.05) is 0 Å². The molecular formula is C51H32N2. The van der Waals surface area contributed by atoms with E-state index in [2.05, 4.69) is 199 Å². The molecule has 0 spiro atoms. The fraction of sp³-hybridized carbons (Fsp3) is 0. The monoisotopic (exact) mass is 672 g/mol. The summed E-state index contributed by atoms with van der Waals surface area (Å²) in [5, 5.41) is 5.14. The van der Waals surface area contributed by atoms with E-state index in [-0.39, 0.29) is 0 Å². The highest BCUT2D eigenvalue weighted by Crippen LogP contribution is 2.51. The fourth-order valence-electron chi connectivity index (χ4n) is 8.50. The summed E-state index contributed by atoms with van der Waals surface area (Å²) in [4.78, 5) is 5.17. The summed E-state index contributed by atoms with van der Waals surface area (Å²) in [7, 11) is 0. The van der Waals surface area contributed by atoms with Gasteiger partial charge in [-0.1, -0.05) is 152 Å². The highest BCUT2D eigenvalue weighted by molar-refractivity contribution is 6.29. The molecule has 246 valence electrons. The molecule has 1 aliphatic carbocycles. The molecule has 0 atom stereocenters. The lowest BCUT2D eigenvalue weighted by Crippen LogP contribution is -1.95. The van der Waals surface area contributed by atoms with Crippen LogP contribution >= 0.6 is 0 Å². The summed E-state index contributed by atoms with van der Waals surface area (Å²) in [5.74, 6) is 0. The standard InChI is InChI=1S/C51H32N2/c1-4-14-33(15-5-1)36-20-12-21-39(28-36)53-48-27-26-37(38-30-46(34-16-6-2-7-17-34)52-47(31-38)35-18-8-3-9-19-35)29-45(48)51-43-25-13-24-42-40-22-10-11-23-41(40)44(50(42)43)32-49(51)53/h1-32H. The molecule has 0 saturated heterocycles. The van der Waals surface area contributed by atoms with Gasteiger partial charge in [0.05, 0.1) is 22.4 Å². The summed E-state index contributed by atoms with van der Waals surface area (Å²) in [6.45, 7) is 0. The largest absolute Gasteiger partial charge is 0.309 e. The van der Waals surface area contributed by atoms with Crippen LogP contribution in [0.15, 0.2) is 194 Å². The SMILES string of the molecule is c1ccc(-c2cccc(-n3c4ccc(-c5cc(-c6ccccc6)nc(-c6ccccc6)c5)cc4c4c5cccc6c5c(cc43)-c3ccccc3-6)c2)cc1. The van der Waals surface area contributed by atoms with Gasteiger partial charge in [0.1, 0.15) is 0 Å². The number of pyridine rings is 1. The zero-order valence-electron chi connectivity index (χ0n) is 28.9. The lowest BCUT2D eigenvalue weighted by Gasteiger charge is -2.12. The van der Waals surface area contributed by atoms with E-state index in [0.29, 0.717) is 0 Å². The van der Waals surface area contributed by atoms with Crippen LogP contribution in [0.1, 0.15) is 0 Å². The maximum atomic E-state index is 5.17. The molecule has 1 aliphatic rings. The van der Waals surface area contributed by atoms with Crippen molar-refractivity contribution in [1.29, 1.82) is 0 Å². The van der Waals surface area contributed by atoms with Crippen molar-refractivity contribution >= 4 is 32.6 Å². The van der Waals surface area contributed by atoms with Crippen molar-refractivity contribution in [2.24, 2.45) is 0 Å². The van der Waals surface area contributed by atoms with Crippen molar-refractivity contribution in [2.45, 2.75) is 0 Å². The Hall–Kier alpha value is -7.03. The maximum Gasteiger partial charge on any atom is 0.0715 e. The molecule has 0 saturated carbocycles. The van der Waals surface area contributed by atoms with E-state index in [1.165, 1.54) is 66.0 Å². The molecule has 0 radical (unpaired) electrons. The minimum atomic E-state index is 0.964. The Morgan fingerprint density at radius 2 is 0.868 bits per heavy atom. The van der Waals surface area contributed by atoms with Gasteiger partial charge in [-0.05, 0) is 97.7 Å². The number of benzene rings is 8. The van der Waals surface area contributed by atoms with Crippen molar-refractivity contribution in [3.63, 3.8) is 0 Å². The van der Waals surface area contributed by atoms with Crippen molar-refractivity contribution in [3.05, 3.63) is 194 Å². The van der Waals surface area contributed by atoms with Gasteiger partial charge in [0.2, 0.25) is 0 Å². The van der Waals surface area contributed by atoms with Gasteiger partial charge in [-0.25, -0.2) is 4.98 Å². The summed E-state index contributed by atoms with van der Waals surface area (Å²) in [5.41, 5.74) is 17.6. The predicted molar refractivity (Wildman–Crippen MR) is 222 cm³/mol. The van der Waals surface area contributed by atoms with Crippen LogP contribution in [-0.4, -0.2) is 9.55 Å². The Labute approximate surface area is 307 Å². The summed E-state index contributed by atoms with van der Waals surface area (Å²) in [6.07, 6.45) is 0. The fourth-order valence-corrected chi connectivity index (χ4v) is 8.50. The number of fused-ring (bicyclic) bond motifs is 7. The van der Waals surface area contributed by atoms with Gasteiger partial charge in [-0.2, -0.15) is 0 Å². The van der Waals surface area contributed by atoms with Crippen molar-refractivity contribution in [3.8, 4) is 72.7 Å². The summed E-state index contributed by atoms with van der Waals surface area (Å²) in [6, 6.07) is 70.3. The molecule has 0 amide bonds. The number of nitrogens with zero attached hydrogens (tertiary/aromatic N) is 2. The molecule has 0 N–H and O–H groups in total. The molecular weight excluding hydrogens is 641 g/mol. The van der Waals surface area contributed by atoms with Gasteiger partial charge in [0, 0.05) is 27.6 Å². The van der Waals surface area contributed by atoms with Crippen LogP contribution in [0.4, 0.5) is 0 Å². The minimum Gasteiger partial charge on any atom is -0.309 e. The average Bonchev–Trinajstić information content (AvgIpc) is 3.75. The normalized spacial score (nSPS) is 11.8. The zero-order chi connectivity index (χ0) is 34.9. The third kappa shape index (κ3) is 4.70. The molecule has 0 fully saturated rings. The van der Waals surface area contributed by atoms with E-state index in [0.717, 1.165) is 39.3 Å². The van der Waals surface area contributed by atoms with Gasteiger partial charge in [-0.3, -0.25) is 0 Å².